The van der Waals surface area contributed by atoms with E-state index in [0.29, 0.717) is 6.42 Å². The second-order valence-corrected chi connectivity index (χ2v) is 7.73. The van der Waals surface area contributed by atoms with Gasteiger partial charge in [-0.1, -0.05) is 41.9 Å². The molecular formula is C25H19ClN4. The molecule has 0 aliphatic heterocycles. The molecule has 3 heterocycles. The fourth-order valence-electron chi connectivity index (χ4n) is 3.65. The Morgan fingerprint density at radius 1 is 0.900 bits per heavy atom. The monoisotopic (exact) mass is 410 g/mol. The highest BCUT2D eigenvalue weighted by Crippen LogP contribution is 2.31. The largest absolute Gasteiger partial charge is 0.340 e. The van der Waals surface area contributed by atoms with E-state index in [0.717, 1.165) is 55.7 Å². The van der Waals surface area contributed by atoms with Gasteiger partial charge in [0, 0.05) is 34.3 Å². The molecular weight excluding hydrogens is 392 g/mol. The number of benzene rings is 2. The minimum Gasteiger partial charge on any atom is -0.340 e. The van der Waals surface area contributed by atoms with Gasteiger partial charge in [-0.15, -0.1) is 0 Å². The normalized spacial score (nSPS) is 11.1. The highest BCUT2D eigenvalue weighted by molar-refractivity contribution is 6.30. The lowest BCUT2D eigenvalue weighted by atomic mass is 10.1. The summed E-state index contributed by atoms with van der Waals surface area (Å²) in [5, 5.41) is 1.81. The molecule has 0 spiro atoms. The van der Waals surface area contributed by atoms with E-state index in [1.54, 1.807) is 0 Å². The van der Waals surface area contributed by atoms with Gasteiger partial charge in [0.05, 0.1) is 22.6 Å². The molecule has 0 unspecified atom stereocenters. The highest BCUT2D eigenvalue weighted by Gasteiger charge is 2.16. The topological polar surface area (TPSA) is 54.5 Å². The Morgan fingerprint density at radius 2 is 1.80 bits per heavy atom. The highest BCUT2D eigenvalue weighted by atomic mass is 35.5. The quantitative estimate of drug-likeness (QED) is 0.381. The van der Waals surface area contributed by atoms with Crippen molar-refractivity contribution in [2.75, 3.05) is 0 Å². The molecule has 0 fully saturated rings. The first-order valence-electron chi connectivity index (χ1n) is 9.78. The zero-order valence-corrected chi connectivity index (χ0v) is 17.2. The molecule has 30 heavy (non-hydrogen) atoms. The molecule has 0 aliphatic carbocycles. The summed E-state index contributed by atoms with van der Waals surface area (Å²) in [5.74, 6) is 0.872. The Kier molecular flexibility index (Phi) is 4.77. The summed E-state index contributed by atoms with van der Waals surface area (Å²) in [4.78, 5) is 17.6. The van der Waals surface area contributed by atoms with E-state index in [9.17, 15) is 0 Å². The number of pyridine rings is 2. The molecule has 5 rings (SSSR count). The van der Waals surface area contributed by atoms with E-state index in [2.05, 4.69) is 34.2 Å². The molecule has 0 amide bonds. The molecule has 4 nitrogen and oxygen atoms in total. The summed E-state index contributed by atoms with van der Waals surface area (Å²) in [5.41, 5.74) is 6.74. The van der Waals surface area contributed by atoms with Gasteiger partial charge < -0.3 is 4.98 Å². The third-order valence-electron chi connectivity index (χ3n) is 5.03. The molecule has 3 aromatic heterocycles. The number of H-pyrrole nitrogens is 1. The predicted octanol–water partition coefficient (Wildman–Crippen LogP) is 6.24. The fourth-order valence-corrected chi connectivity index (χ4v) is 3.86. The van der Waals surface area contributed by atoms with Crippen molar-refractivity contribution < 1.29 is 0 Å². The number of nitrogens with zero attached hydrogens (tertiary/aromatic N) is 3. The number of halogens is 1. The van der Waals surface area contributed by atoms with Crippen LogP contribution in [0.3, 0.4) is 0 Å². The Labute approximate surface area is 179 Å². The van der Waals surface area contributed by atoms with Crippen LogP contribution in [-0.2, 0) is 6.42 Å². The van der Waals surface area contributed by atoms with Crippen molar-refractivity contribution in [1.29, 1.82) is 0 Å². The summed E-state index contributed by atoms with van der Waals surface area (Å²) in [7, 11) is 0. The number of rotatable bonds is 4. The fraction of sp³-hybridized carbons (Fsp3) is 0.0800. The van der Waals surface area contributed by atoms with Crippen molar-refractivity contribution in [3.8, 4) is 22.6 Å². The van der Waals surface area contributed by atoms with Crippen LogP contribution in [-0.4, -0.2) is 19.9 Å². The zero-order chi connectivity index (χ0) is 20.5. The maximum absolute atomic E-state index is 6.17. The van der Waals surface area contributed by atoms with Gasteiger partial charge in [0.25, 0.3) is 0 Å². The molecule has 0 saturated heterocycles. The van der Waals surface area contributed by atoms with Crippen molar-refractivity contribution in [2.45, 2.75) is 13.3 Å². The number of hydrogen-bond donors (Lipinski definition) is 1. The van der Waals surface area contributed by atoms with Crippen molar-refractivity contribution >= 4 is 22.5 Å². The smallest absolute Gasteiger partial charge is 0.111 e. The maximum Gasteiger partial charge on any atom is 0.111 e. The Hall–Kier alpha value is -3.50. The summed E-state index contributed by atoms with van der Waals surface area (Å²) < 4.78 is 0. The average Bonchev–Trinajstić information content (AvgIpc) is 3.17. The third kappa shape index (κ3) is 3.70. The van der Waals surface area contributed by atoms with Crippen molar-refractivity contribution in [2.24, 2.45) is 0 Å². The van der Waals surface area contributed by atoms with Gasteiger partial charge in [0.15, 0.2) is 0 Å². The average molecular weight is 411 g/mol. The van der Waals surface area contributed by atoms with Crippen LogP contribution >= 0.6 is 11.6 Å². The van der Waals surface area contributed by atoms with Crippen LogP contribution in [0.1, 0.15) is 17.1 Å². The summed E-state index contributed by atoms with van der Waals surface area (Å²) in [6, 6.07) is 24.1. The minimum absolute atomic E-state index is 0.661. The summed E-state index contributed by atoms with van der Waals surface area (Å²) in [6.45, 7) is 1.99. The van der Waals surface area contributed by atoms with Crippen LogP contribution in [0.15, 0.2) is 79.0 Å². The first-order chi connectivity index (χ1) is 14.7. The van der Waals surface area contributed by atoms with Crippen LogP contribution in [0.2, 0.25) is 5.02 Å². The van der Waals surface area contributed by atoms with E-state index >= 15 is 0 Å². The molecule has 0 radical (unpaired) electrons. The van der Waals surface area contributed by atoms with E-state index in [1.165, 1.54) is 0 Å². The second kappa shape index (κ2) is 7.73. The SMILES string of the molecule is Cc1cccc(-c2[nH]c(Cc3cccc(Cl)c3)nc2-c2ccc3ncccc3c2)n1. The molecule has 0 aliphatic rings. The van der Waals surface area contributed by atoms with Gasteiger partial charge >= 0.3 is 0 Å². The van der Waals surface area contributed by atoms with Crippen molar-refractivity contribution in [3.05, 3.63) is 101 Å². The van der Waals surface area contributed by atoms with Gasteiger partial charge in [-0.3, -0.25) is 9.97 Å². The number of aryl methyl sites for hydroxylation is 1. The number of nitrogens with one attached hydrogen (secondary N) is 1. The zero-order valence-electron chi connectivity index (χ0n) is 16.4. The Morgan fingerprint density at radius 3 is 2.67 bits per heavy atom. The number of hydrogen-bond acceptors (Lipinski definition) is 3. The van der Waals surface area contributed by atoms with Gasteiger partial charge in [0.2, 0.25) is 0 Å². The summed E-state index contributed by atoms with van der Waals surface area (Å²) in [6.07, 6.45) is 2.47. The van der Waals surface area contributed by atoms with E-state index in [4.69, 9.17) is 21.6 Å². The standard InChI is InChI=1S/C25H19ClN4/c1-16-5-2-9-22(28-16)25-24(19-10-11-21-18(15-19)7-4-12-27-21)29-23(30-25)14-17-6-3-8-20(26)13-17/h2-13,15H,14H2,1H3,(H,29,30). The van der Waals surface area contributed by atoms with Crippen LogP contribution in [0.5, 0.6) is 0 Å². The molecule has 146 valence electrons. The van der Waals surface area contributed by atoms with Gasteiger partial charge in [0.1, 0.15) is 5.82 Å². The summed E-state index contributed by atoms with van der Waals surface area (Å²) >= 11 is 6.17. The molecule has 0 atom stereocenters. The Bertz CT molecular complexity index is 1360. The van der Waals surface area contributed by atoms with E-state index in [-0.39, 0.29) is 0 Å². The molecule has 5 aromatic rings. The third-order valence-corrected chi connectivity index (χ3v) is 5.27. The molecule has 2 aromatic carbocycles. The lowest BCUT2D eigenvalue weighted by molar-refractivity contribution is 1.03. The van der Waals surface area contributed by atoms with Gasteiger partial charge in [-0.25, -0.2) is 4.98 Å². The van der Waals surface area contributed by atoms with Gasteiger partial charge in [-0.05, 0) is 55.0 Å². The predicted molar refractivity (Wildman–Crippen MR) is 122 cm³/mol. The lowest BCUT2D eigenvalue weighted by Crippen LogP contribution is -1.91. The maximum atomic E-state index is 6.17. The molecule has 0 bridgehead atoms. The lowest BCUT2D eigenvalue weighted by Gasteiger charge is -2.05. The van der Waals surface area contributed by atoms with Crippen LogP contribution in [0.4, 0.5) is 0 Å². The molecule has 5 heteroatoms. The van der Waals surface area contributed by atoms with Crippen molar-refractivity contribution in [1.82, 2.24) is 19.9 Å². The number of aromatic nitrogens is 4. The van der Waals surface area contributed by atoms with Crippen LogP contribution < -0.4 is 0 Å². The first kappa shape index (κ1) is 18.5. The number of fused-ring (bicyclic) bond motifs is 1. The second-order valence-electron chi connectivity index (χ2n) is 7.29. The molecule has 1 N–H and O–H groups in total. The first-order valence-corrected chi connectivity index (χ1v) is 10.2. The van der Waals surface area contributed by atoms with E-state index in [1.807, 2.05) is 61.7 Å². The van der Waals surface area contributed by atoms with Crippen LogP contribution in [0, 0.1) is 6.92 Å². The Balaban J connectivity index is 1.64. The van der Waals surface area contributed by atoms with E-state index < -0.39 is 0 Å². The number of aromatic amines is 1. The van der Waals surface area contributed by atoms with Gasteiger partial charge in [-0.2, -0.15) is 0 Å². The molecule has 0 saturated carbocycles. The van der Waals surface area contributed by atoms with Crippen LogP contribution in [0.25, 0.3) is 33.5 Å². The minimum atomic E-state index is 0.661. The van der Waals surface area contributed by atoms with Crippen molar-refractivity contribution in [3.63, 3.8) is 0 Å². The number of imidazole rings is 1.